The van der Waals surface area contributed by atoms with Crippen LogP contribution in [0.3, 0.4) is 0 Å². The number of nitro benzene ring substituents is 1. The summed E-state index contributed by atoms with van der Waals surface area (Å²) < 4.78 is 0. The minimum Gasteiger partial charge on any atom is -0.480 e. The van der Waals surface area contributed by atoms with Crippen molar-refractivity contribution in [3.8, 4) is 0 Å². The molecule has 0 amide bonds. The Balaban J connectivity index is 2.30. The molecular formula is C14H18N2O4. The highest BCUT2D eigenvalue weighted by Gasteiger charge is 2.28. The van der Waals surface area contributed by atoms with E-state index in [1.807, 2.05) is 4.90 Å². The van der Waals surface area contributed by atoms with Crippen LogP contribution in [0.5, 0.6) is 0 Å². The van der Waals surface area contributed by atoms with E-state index in [9.17, 15) is 20.0 Å². The molecule has 108 valence electrons. The van der Waals surface area contributed by atoms with Gasteiger partial charge in [-0.3, -0.25) is 19.8 Å². The number of non-ortho nitro benzene ring substituents is 1. The Morgan fingerprint density at radius 1 is 1.25 bits per heavy atom. The first-order valence-electron chi connectivity index (χ1n) is 6.81. The van der Waals surface area contributed by atoms with Gasteiger partial charge in [0.25, 0.3) is 5.69 Å². The molecule has 1 aliphatic rings. The SMILES string of the molecule is O=C(O)C(c1cccc([N+](=O)[O-])c1)N1CCCCCC1. The summed E-state index contributed by atoms with van der Waals surface area (Å²) in [5.74, 6) is -0.951. The van der Waals surface area contributed by atoms with Crippen molar-refractivity contribution in [2.75, 3.05) is 13.1 Å². The van der Waals surface area contributed by atoms with Crippen LogP contribution in [0.15, 0.2) is 24.3 Å². The van der Waals surface area contributed by atoms with Crippen molar-refractivity contribution in [3.05, 3.63) is 39.9 Å². The van der Waals surface area contributed by atoms with E-state index in [1.165, 1.54) is 12.1 Å². The Morgan fingerprint density at radius 3 is 2.45 bits per heavy atom. The first kappa shape index (κ1) is 14.5. The van der Waals surface area contributed by atoms with E-state index in [0.717, 1.165) is 38.8 Å². The molecule has 1 fully saturated rings. The lowest BCUT2D eigenvalue weighted by molar-refractivity contribution is -0.384. The van der Waals surface area contributed by atoms with Gasteiger partial charge in [-0.2, -0.15) is 0 Å². The number of carboxylic acids is 1. The van der Waals surface area contributed by atoms with Crippen LogP contribution in [0, 0.1) is 10.1 Å². The summed E-state index contributed by atoms with van der Waals surface area (Å²) in [6.45, 7) is 1.44. The normalized spacial score (nSPS) is 18.2. The maximum absolute atomic E-state index is 11.6. The maximum atomic E-state index is 11.6. The van der Waals surface area contributed by atoms with Gasteiger partial charge in [0.05, 0.1) is 4.92 Å². The third kappa shape index (κ3) is 3.33. The number of hydrogen-bond acceptors (Lipinski definition) is 4. The standard InChI is InChI=1S/C14H18N2O4/c17-14(18)13(15-8-3-1-2-4-9-15)11-6-5-7-12(10-11)16(19)20/h5-7,10,13H,1-4,8-9H2,(H,17,18). The molecule has 1 unspecified atom stereocenters. The molecule has 20 heavy (non-hydrogen) atoms. The quantitative estimate of drug-likeness (QED) is 0.676. The zero-order valence-corrected chi connectivity index (χ0v) is 11.2. The summed E-state index contributed by atoms with van der Waals surface area (Å²) in [6.07, 6.45) is 4.16. The monoisotopic (exact) mass is 278 g/mol. The lowest BCUT2D eigenvalue weighted by atomic mass is 10.0. The molecule has 0 aromatic heterocycles. The van der Waals surface area contributed by atoms with E-state index in [0.29, 0.717) is 5.56 Å². The number of aliphatic carboxylic acids is 1. The zero-order valence-electron chi connectivity index (χ0n) is 11.2. The molecule has 0 bridgehead atoms. The number of carboxylic acid groups (broad SMARTS) is 1. The number of nitro groups is 1. The highest BCUT2D eigenvalue weighted by atomic mass is 16.6. The number of nitrogens with zero attached hydrogens (tertiary/aromatic N) is 2. The largest absolute Gasteiger partial charge is 0.480 e. The van der Waals surface area contributed by atoms with Crippen LogP contribution in [-0.4, -0.2) is 34.0 Å². The van der Waals surface area contributed by atoms with E-state index in [-0.39, 0.29) is 5.69 Å². The molecule has 1 aromatic rings. The number of rotatable bonds is 4. The number of likely N-dealkylation sites (tertiary alicyclic amines) is 1. The van der Waals surface area contributed by atoms with Gasteiger partial charge in [0.2, 0.25) is 0 Å². The van der Waals surface area contributed by atoms with Gasteiger partial charge >= 0.3 is 5.97 Å². The molecule has 1 aliphatic heterocycles. The Labute approximate surface area is 117 Å². The van der Waals surface area contributed by atoms with Crippen LogP contribution in [0.1, 0.15) is 37.3 Å². The topological polar surface area (TPSA) is 83.7 Å². The van der Waals surface area contributed by atoms with Crippen LogP contribution in [0.25, 0.3) is 0 Å². The van der Waals surface area contributed by atoms with Gasteiger partial charge in [-0.05, 0) is 31.5 Å². The van der Waals surface area contributed by atoms with Crippen molar-refractivity contribution in [1.82, 2.24) is 4.90 Å². The second kappa shape index (κ2) is 6.47. The fourth-order valence-corrected chi connectivity index (χ4v) is 2.67. The molecule has 0 spiro atoms. The van der Waals surface area contributed by atoms with Crippen molar-refractivity contribution in [3.63, 3.8) is 0 Å². The van der Waals surface area contributed by atoms with Gasteiger partial charge in [-0.25, -0.2) is 0 Å². The summed E-state index contributed by atoms with van der Waals surface area (Å²) >= 11 is 0. The van der Waals surface area contributed by atoms with Gasteiger partial charge in [-0.15, -0.1) is 0 Å². The summed E-state index contributed by atoms with van der Waals surface area (Å²) in [5, 5.41) is 20.3. The molecule has 1 atom stereocenters. The van der Waals surface area contributed by atoms with Crippen molar-refractivity contribution in [2.24, 2.45) is 0 Å². The van der Waals surface area contributed by atoms with E-state index in [4.69, 9.17) is 0 Å². The molecule has 0 saturated carbocycles. The number of hydrogen-bond donors (Lipinski definition) is 1. The van der Waals surface area contributed by atoms with Crippen molar-refractivity contribution >= 4 is 11.7 Å². The average molecular weight is 278 g/mol. The molecule has 6 heteroatoms. The zero-order chi connectivity index (χ0) is 14.5. The predicted molar refractivity (Wildman–Crippen MR) is 73.5 cm³/mol. The minimum atomic E-state index is -0.951. The number of benzene rings is 1. The van der Waals surface area contributed by atoms with Crippen LogP contribution in [0.2, 0.25) is 0 Å². The van der Waals surface area contributed by atoms with Gasteiger partial charge in [0.15, 0.2) is 0 Å². The van der Waals surface area contributed by atoms with Gasteiger partial charge in [0, 0.05) is 12.1 Å². The van der Waals surface area contributed by atoms with Gasteiger partial charge in [0.1, 0.15) is 6.04 Å². The number of carbonyl (C=O) groups is 1. The molecule has 1 saturated heterocycles. The lowest BCUT2D eigenvalue weighted by Gasteiger charge is -2.27. The summed E-state index contributed by atoms with van der Waals surface area (Å²) in [6, 6.07) is 5.14. The first-order chi connectivity index (χ1) is 9.59. The molecule has 1 aromatic carbocycles. The minimum absolute atomic E-state index is 0.0661. The molecule has 1 heterocycles. The Morgan fingerprint density at radius 2 is 1.90 bits per heavy atom. The Hall–Kier alpha value is -1.95. The van der Waals surface area contributed by atoms with Crippen LogP contribution >= 0.6 is 0 Å². The fraction of sp³-hybridized carbons (Fsp3) is 0.500. The van der Waals surface area contributed by atoms with Crippen molar-refractivity contribution in [2.45, 2.75) is 31.7 Å². The highest BCUT2D eigenvalue weighted by Crippen LogP contribution is 2.27. The van der Waals surface area contributed by atoms with E-state index >= 15 is 0 Å². The Kier molecular flexibility index (Phi) is 4.68. The molecule has 2 rings (SSSR count). The van der Waals surface area contributed by atoms with E-state index < -0.39 is 16.9 Å². The van der Waals surface area contributed by atoms with E-state index in [2.05, 4.69) is 0 Å². The van der Waals surface area contributed by atoms with Crippen molar-refractivity contribution < 1.29 is 14.8 Å². The predicted octanol–water partition coefficient (Wildman–Crippen LogP) is 2.60. The van der Waals surface area contributed by atoms with E-state index in [1.54, 1.807) is 12.1 Å². The molecule has 6 nitrogen and oxygen atoms in total. The lowest BCUT2D eigenvalue weighted by Crippen LogP contribution is -2.34. The molecule has 1 N–H and O–H groups in total. The molecule has 0 aliphatic carbocycles. The molecule has 0 radical (unpaired) electrons. The van der Waals surface area contributed by atoms with Gasteiger partial charge < -0.3 is 5.11 Å². The fourth-order valence-electron chi connectivity index (χ4n) is 2.67. The average Bonchev–Trinajstić information content (AvgIpc) is 2.68. The molecular weight excluding hydrogens is 260 g/mol. The van der Waals surface area contributed by atoms with Crippen LogP contribution in [0.4, 0.5) is 5.69 Å². The Bertz CT molecular complexity index is 496. The van der Waals surface area contributed by atoms with Crippen LogP contribution < -0.4 is 0 Å². The summed E-state index contributed by atoms with van der Waals surface area (Å²) in [5.41, 5.74) is 0.414. The third-order valence-electron chi connectivity index (χ3n) is 3.64. The van der Waals surface area contributed by atoms with Crippen molar-refractivity contribution in [1.29, 1.82) is 0 Å². The smallest absolute Gasteiger partial charge is 0.325 e. The van der Waals surface area contributed by atoms with Gasteiger partial charge in [-0.1, -0.05) is 25.0 Å². The second-order valence-corrected chi connectivity index (χ2v) is 5.04. The second-order valence-electron chi connectivity index (χ2n) is 5.04. The summed E-state index contributed by atoms with van der Waals surface area (Å²) in [7, 11) is 0. The van der Waals surface area contributed by atoms with Crippen LogP contribution in [-0.2, 0) is 4.79 Å². The third-order valence-corrected chi connectivity index (χ3v) is 3.64. The first-order valence-corrected chi connectivity index (χ1v) is 6.81. The highest BCUT2D eigenvalue weighted by molar-refractivity contribution is 5.76. The summed E-state index contributed by atoms with van der Waals surface area (Å²) in [4.78, 5) is 23.8. The maximum Gasteiger partial charge on any atom is 0.325 e.